The van der Waals surface area contributed by atoms with Gasteiger partial charge in [0.2, 0.25) is 0 Å². The smallest absolute Gasteiger partial charge is 0.361 e. The third-order valence-corrected chi connectivity index (χ3v) is 13.4. The number of likely N-dealkylation sites (N-methyl/N-ethyl adjacent to an activating group) is 1. The molecule has 0 radical (unpaired) electrons. The number of hydrogen-bond acceptors (Lipinski definition) is 7. The highest BCUT2D eigenvalue weighted by molar-refractivity contribution is 5.71. The summed E-state index contributed by atoms with van der Waals surface area (Å²) in [5.41, 5.74) is 0. The van der Waals surface area contributed by atoms with Gasteiger partial charge in [-0.15, -0.1) is 0 Å². The van der Waals surface area contributed by atoms with Crippen LogP contribution in [0.15, 0.2) is 97.2 Å². The number of carboxylic acids is 1. The van der Waals surface area contributed by atoms with E-state index in [4.69, 9.17) is 18.9 Å². The molecule has 9 heteroatoms. The van der Waals surface area contributed by atoms with Gasteiger partial charge in [0.05, 0.1) is 34.4 Å². The Morgan fingerprint density at radius 1 is 0.403 bits per heavy atom. The fourth-order valence-corrected chi connectivity index (χ4v) is 8.56. The van der Waals surface area contributed by atoms with E-state index in [1.807, 2.05) is 21.1 Å². The maximum absolute atomic E-state index is 12.9. The number of aliphatic carboxylic acids is 1. The molecule has 0 aromatic rings. The van der Waals surface area contributed by atoms with Crippen molar-refractivity contribution in [3.8, 4) is 0 Å². The molecule has 1 N–H and O–H groups in total. The highest BCUT2D eigenvalue weighted by atomic mass is 16.7. The zero-order chi connectivity index (χ0) is 56.2. The van der Waals surface area contributed by atoms with Crippen LogP contribution in [0.1, 0.15) is 258 Å². The van der Waals surface area contributed by atoms with Gasteiger partial charge in [-0.05, 0) is 77.0 Å². The van der Waals surface area contributed by atoms with Crippen LogP contribution in [0.25, 0.3) is 0 Å². The van der Waals surface area contributed by atoms with E-state index in [9.17, 15) is 19.5 Å². The molecule has 0 spiro atoms. The quantitative estimate of drug-likeness (QED) is 0.0211. The zero-order valence-corrected chi connectivity index (χ0v) is 50.3. The van der Waals surface area contributed by atoms with Gasteiger partial charge in [0.15, 0.2) is 6.10 Å². The summed E-state index contributed by atoms with van der Waals surface area (Å²) in [6, 6.07) is 0. The SMILES string of the molecule is CC/C=C\C/C=C\C/C=C\C/C=C\C/C=C\C/C=C\C/C=C\C/C=C\CCCCCCCCCCC(=O)OC(COC(=O)CCCCCCCCCCCCCCCCCCCCC)COC(OCC[N+](C)(C)C)C(=O)O. The van der Waals surface area contributed by atoms with Crippen molar-refractivity contribution in [1.29, 1.82) is 0 Å². The van der Waals surface area contributed by atoms with E-state index in [1.165, 1.54) is 128 Å². The number of allylic oxidation sites excluding steroid dienone is 16. The van der Waals surface area contributed by atoms with Crippen molar-refractivity contribution in [2.24, 2.45) is 0 Å². The van der Waals surface area contributed by atoms with Gasteiger partial charge in [0.25, 0.3) is 6.29 Å². The molecule has 9 nitrogen and oxygen atoms in total. The number of carboxylic acid groups (broad SMARTS) is 1. The molecule has 0 aliphatic rings. The first-order valence-corrected chi connectivity index (χ1v) is 31.4. The van der Waals surface area contributed by atoms with E-state index in [0.717, 1.165) is 96.3 Å². The topological polar surface area (TPSA) is 108 Å². The molecule has 0 aliphatic heterocycles. The first kappa shape index (κ1) is 73.2. The summed E-state index contributed by atoms with van der Waals surface area (Å²) in [6.45, 7) is 4.77. The Hall–Kier alpha value is -3.79. The van der Waals surface area contributed by atoms with Gasteiger partial charge < -0.3 is 28.5 Å². The molecule has 0 fully saturated rings. The average molecular weight is 1080 g/mol. The molecule has 0 saturated carbocycles. The summed E-state index contributed by atoms with van der Waals surface area (Å²) >= 11 is 0. The van der Waals surface area contributed by atoms with Crippen LogP contribution in [0.2, 0.25) is 0 Å². The normalized spacial score (nSPS) is 13.4. The number of unbranched alkanes of at least 4 members (excludes halogenated alkanes) is 26. The highest BCUT2D eigenvalue weighted by Gasteiger charge is 2.25. The molecule has 0 aliphatic carbocycles. The lowest BCUT2D eigenvalue weighted by molar-refractivity contribution is -0.870. The lowest BCUT2D eigenvalue weighted by atomic mass is 10.0. The Kier molecular flexibility index (Phi) is 55.5. The lowest BCUT2D eigenvalue weighted by Crippen LogP contribution is -2.40. The summed E-state index contributed by atoms with van der Waals surface area (Å²) < 4.78 is 22.9. The summed E-state index contributed by atoms with van der Waals surface area (Å²) in [4.78, 5) is 37.5. The number of carbonyl (C=O) groups excluding carboxylic acids is 2. The molecule has 0 aromatic heterocycles. The Morgan fingerprint density at radius 2 is 0.740 bits per heavy atom. The molecule has 442 valence electrons. The molecular formula is C68H118NO8+. The van der Waals surface area contributed by atoms with Crippen molar-refractivity contribution in [2.75, 3.05) is 47.5 Å². The largest absolute Gasteiger partial charge is 0.477 e. The van der Waals surface area contributed by atoms with Crippen molar-refractivity contribution in [2.45, 2.75) is 270 Å². The van der Waals surface area contributed by atoms with Crippen molar-refractivity contribution in [3.05, 3.63) is 97.2 Å². The van der Waals surface area contributed by atoms with Crippen LogP contribution in [-0.4, -0.2) is 87.4 Å². The second-order valence-corrected chi connectivity index (χ2v) is 22.0. The Morgan fingerprint density at radius 3 is 1.10 bits per heavy atom. The number of rotatable bonds is 57. The predicted molar refractivity (Wildman–Crippen MR) is 327 cm³/mol. The highest BCUT2D eigenvalue weighted by Crippen LogP contribution is 2.16. The number of esters is 2. The van der Waals surface area contributed by atoms with Gasteiger partial charge >= 0.3 is 17.9 Å². The molecule has 0 aromatic carbocycles. The zero-order valence-electron chi connectivity index (χ0n) is 50.3. The van der Waals surface area contributed by atoms with Crippen molar-refractivity contribution in [3.63, 3.8) is 0 Å². The summed E-state index contributed by atoms with van der Waals surface area (Å²) in [7, 11) is 5.97. The fourth-order valence-electron chi connectivity index (χ4n) is 8.56. The predicted octanol–water partition coefficient (Wildman–Crippen LogP) is 18.9. The average Bonchev–Trinajstić information content (AvgIpc) is 3.40. The molecule has 0 heterocycles. The van der Waals surface area contributed by atoms with Gasteiger partial charge in [0, 0.05) is 12.8 Å². The van der Waals surface area contributed by atoms with Crippen LogP contribution >= 0.6 is 0 Å². The van der Waals surface area contributed by atoms with Gasteiger partial charge in [-0.3, -0.25) is 9.59 Å². The monoisotopic (exact) mass is 1080 g/mol. The van der Waals surface area contributed by atoms with E-state index in [2.05, 4.69) is 111 Å². The van der Waals surface area contributed by atoms with Crippen LogP contribution in [0.3, 0.4) is 0 Å². The number of ether oxygens (including phenoxy) is 4. The minimum atomic E-state index is -1.52. The van der Waals surface area contributed by atoms with Gasteiger partial charge in [-0.2, -0.15) is 0 Å². The van der Waals surface area contributed by atoms with Crippen LogP contribution in [0.5, 0.6) is 0 Å². The molecule has 77 heavy (non-hydrogen) atoms. The standard InChI is InChI=1S/C68H117NO8/c1-6-8-10-12-14-16-18-20-22-24-26-27-28-29-30-31-32-33-34-35-36-37-38-39-41-43-45-47-49-51-53-55-57-59-66(71)77-64(63-76-68(67(72)73)74-61-60-69(3,4)5)62-75-65(70)58-56-54-52-50-48-46-44-42-40-25-23-21-19-17-15-13-11-9-7-2/h8,10,14,16,20,22,26-27,29-30,32-33,35-36,38-39,64,68H,6-7,9,11-13,15,17-19,21,23-25,28,31,34,37,40-63H2,1-5H3/p+1/b10-8-,16-14-,22-20-,27-26-,30-29-,33-32-,36-35-,39-38-. The number of carbonyl (C=O) groups is 3. The fraction of sp³-hybridized carbons (Fsp3) is 0.721. The molecule has 0 amide bonds. The maximum Gasteiger partial charge on any atom is 0.361 e. The molecule has 0 saturated heterocycles. The molecule has 0 bridgehead atoms. The Bertz CT molecular complexity index is 1580. The van der Waals surface area contributed by atoms with Crippen molar-refractivity contribution >= 4 is 17.9 Å². The lowest BCUT2D eigenvalue weighted by Gasteiger charge is -2.25. The molecule has 0 rings (SSSR count). The van der Waals surface area contributed by atoms with Crippen LogP contribution in [-0.2, 0) is 33.3 Å². The van der Waals surface area contributed by atoms with Gasteiger partial charge in [-0.25, -0.2) is 4.79 Å². The molecule has 2 atom stereocenters. The second kappa shape index (κ2) is 58.4. The van der Waals surface area contributed by atoms with E-state index < -0.39 is 24.3 Å². The summed E-state index contributed by atoms with van der Waals surface area (Å²) in [5, 5.41) is 9.72. The van der Waals surface area contributed by atoms with E-state index in [0.29, 0.717) is 23.9 Å². The third-order valence-electron chi connectivity index (χ3n) is 13.4. The number of quaternary nitrogens is 1. The second-order valence-electron chi connectivity index (χ2n) is 22.0. The van der Waals surface area contributed by atoms with E-state index in [1.54, 1.807) is 0 Å². The minimum absolute atomic E-state index is 0.183. The first-order chi connectivity index (χ1) is 37.6. The first-order valence-electron chi connectivity index (χ1n) is 31.4. The maximum atomic E-state index is 12.9. The Labute approximate surface area is 473 Å². The van der Waals surface area contributed by atoms with Gasteiger partial charge in [0.1, 0.15) is 13.2 Å². The molecule has 2 unspecified atom stereocenters. The number of hydrogen-bond donors (Lipinski definition) is 1. The summed E-state index contributed by atoms with van der Waals surface area (Å²) in [6.07, 6.45) is 76.3. The van der Waals surface area contributed by atoms with E-state index in [-0.39, 0.29) is 32.2 Å². The Balaban J connectivity index is 4.22. The number of nitrogens with zero attached hydrogens (tertiary/aromatic N) is 1. The van der Waals surface area contributed by atoms with Crippen molar-refractivity contribution in [1.82, 2.24) is 0 Å². The van der Waals surface area contributed by atoms with Crippen LogP contribution in [0, 0.1) is 0 Å². The van der Waals surface area contributed by atoms with Gasteiger partial charge in [-0.1, -0.05) is 265 Å². The van der Waals surface area contributed by atoms with E-state index >= 15 is 0 Å². The van der Waals surface area contributed by atoms with Crippen LogP contribution in [0.4, 0.5) is 0 Å². The minimum Gasteiger partial charge on any atom is -0.477 e. The van der Waals surface area contributed by atoms with Crippen molar-refractivity contribution < 1.29 is 42.9 Å². The molecular weight excluding hydrogens is 959 g/mol. The van der Waals surface area contributed by atoms with Crippen LogP contribution < -0.4 is 0 Å². The third kappa shape index (κ3) is 59.7. The summed E-state index contributed by atoms with van der Waals surface area (Å²) in [5.74, 6) is -2.01.